The predicted octanol–water partition coefficient (Wildman–Crippen LogP) is 6.43. The lowest BCUT2D eigenvalue weighted by molar-refractivity contribution is 0.625. The number of unbranched alkanes of at least 4 members (excludes halogenated alkanes) is 1. The molecule has 0 N–H and O–H groups in total. The molecule has 0 aliphatic rings. The fourth-order valence-corrected chi connectivity index (χ4v) is 4.04. The van der Waals surface area contributed by atoms with E-state index in [1.807, 2.05) is 23.1 Å². The summed E-state index contributed by atoms with van der Waals surface area (Å²) in [6.45, 7) is 4.63. The maximum Gasteiger partial charge on any atom is 0.0357 e. The predicted molar refractivity (Wildman–Crippen MR) is 89.5 cm³/mol. The number of rotatable bonds is 6. The van der Waals surface area contributed by atoms with Crippen LogP contribution in [-0.2, 0) is 0 Å². The van der Waals surface area contributed by atoms with Crippen molar-refractivity contribution in [1.82, 2.24) is 0 Å². The van der Waals surface area contributed by atoms with E-state index in [0.717, 1.165) is 0 Å². The van der Waals surface area contributed by atoms with Gasteiger partial charge in [-0.05, 0) is 35.8 Å². The van der Waals surface area contributed by atoms with E-state index >= 15 is 0 Å². The van der Waals surface area contributed by atoms with Gasteiger partial charge in [-0.2, -0.15) is 0 Å². The quantitative estimate of drug-likeness (QED) is 0.552. The molecule has 19 heavy (non-hydrogen) atoms. The molecule has 1 atom stereocenters. The molecule has 0 radical (unpaired) electrons. The summed E-state index contributed by atoms with van der Waals surface area (Å²) >= 11 is 3.68. The molecule has 2 aromatic rings. The minimum atomic E-state index is 0.649. The normalized spacial score (nSPS) is 12.6. The monoisotopic (exact) mass is 290 g/mol. The molecule has 0 amide bonds. The molecule has 2 heteroatoms. The van der Waals surface area contributed by atoms with Gasteiger partial charge in [-0.15, -0.1) is 23.1 Å². The summed E-state index contributed by atoms with van der Waals surface area (Å²) < 4.78 is 0. The average molecular weight is 290 g/mol. The molecule has 102 valence electrons. The van der Waals surface area contributed by atoms with Crippen LogP contribution in [0.1, 0.15) is 44.6 Å². The maximum atomic E-state index is 2.36. The van der Waals surface area contributed by atoms with Gasteiger partial charge in [0.1, 0.15) is 0 Å². The van der Waals surface area contributed by atoms with Crippen LogP contribution in [0.25, 0.3) is 10.4 Å². The van der Waals surface area contributed by atoms with E-state index in [9.17, 15) is 0 Å². The Labute approximate surface area is 125 Å². The fourth-order valence-electron chi connectivity index (χ4n) is 2.38. The zero-order valence-electron chi connectivity index (χ0n) is 12.0. The summed E-state index contributed by atoms with van der Waals surface area (Å²) in [4.78, 5) is 2.78. The van der Waals surface area contributed by atoms with Crippen LogP contribution in [0.15, 0.2) is 40.6 Å². The second kappa shape index (κ2) is 7.16. The molecule has 2 rings (SSSR count). The lowest BCUT2D eigenvalue weighted by Crippen LogP contribution is -1.96. The van der Waals surface area contributed by atoms with Crippen LogP contribution >= 0.6 is 23.1 Å². The van der Waals surface area contributed by atoms with Crippen molar-refractivity contribution < 1.29 is 0 Å². The summed E-state index contributed by atoms with van der Waals surface area (Å²) in [5, 5.41) is 2.26. The summed E-state index contributed by atoms with van der Waals surface area (Å²) in [6, 6.07) is 11.2. The fraction of sp³-hybridized carbons (Fsp3) is 0.412. The highest BCUT2D eigenvalue weighted by Gasteiger charge is 2.12. The van der Waals surface area contributed by atoms with Gasteiger partial charge in [0.05, 0.1) is 0 Å². The summed E-state index contributed by atoms with van der Waals surface area (Å²) in [5.74, 6) is 0.649. The van der Waals surface area contributed by atoms with E-state index in [1.54, 1.807) is 0 Å². The molecule has 0 bridgehead atoms. The molecule has 0 nitrogen and oxygen atoms in total. The molecule has 1 heterocycles. The van der Waals surface area contributed by atoms with Crippen molar-refractivity contribution in [3.05, 3.63) is 41.3 Å². The van der Waals surface area contributed by atoms with Crippen molar-refractivity contribution in [2.75, 3.05) is 6.26 Å². The topological polar surface area (TPSA) is 0 Å². The van der Waals surface area contributed by atoms with Gasteiger partial charge in [-0.3, -0.25) is 0 Å². The zero-order valence-corrected chi connectivity index (χ0v) is 13.6. The third-order valence-corrected chi connectivity index (χ3v) is 5.38. The lowest BCUT2D eigenvalue weighted by Gasteiger charge is -2.15. The molecule has 0 aliphatic heterocycles. The third-order valence-electron chi connectivity index (χ3n) is 3.56. The van der Waals surface area contributed by atoms with Gasteiger partial charge in [-0.25, -0.2) is 0 Å². The zero-order chi connectivity index (χ0) is 13.7. The van der Waals surface area contributed by atoms with Gasteiger partial charge in [0.2, 0.25) is 0 Å². The van der Waals surface area contributed by atoms with Gasteiger partial charge in [0, 0.05) is 15.2 Å². The summed E-state index contributed by atoms with van der Waals surface area (Å²) in [7, 11) is 0. The van der Waals surface area contributed by atoms with Crippen LogP contribution in [0.5, 0.6) is 0 Å². The van der Waals surface area contributed by atoms with Crippen LogP contribution in [0, 0.1) is 0 Å². The lowest BCUT2D eigenvalue weighted by atomic mass is 9.91. The van der Waals surface area contributed by atoms with Crippen LogP contribution in [0.3, 0.4) is 0 Å². The van der Waals surface area contributed by atoms with E-state index in [2.05, 4.69) is 55.8 Å². The number of thiophene rings is 1. The number of hydrogen-bond donors (Lipinski definition) is 0. The van der Waals surface area contributed by atoms with Crippen LogP contribution < -0.4 is 0 Å². The highest BCUT2D eigenvalue weighted by molar-refractivity contribution is 7.98. The highest BCUT2D eigenvalue weighted by Crippen LogP contribution is 2.36. The first kappa shape index (κ1) is 14.7. The van der Waals surface area contributed by atoms with Crippen molar-refractivity contribution in [2.24, 2.45) is 0 Å². The first-order valence-electron chi connectivity index (χ1n) is 6.98. The Morgan fingerprint density at radius 2 is 2.05 bits per heavy atom. The van der Waals surface area contributed by atoms with E-state index in [4.69, 9.17) is 0 Å². The Bertz CT molecular complexity index is 513. The molecule has 1 aromatic carbocycles. The second-order valence-electron chi connectivity index (χ2n) is 4.98. The Balaban J connectivity index is 2.29. The third kappa shape index (κ3) is 3.64. The molecule has 0 fully saturated rings. The molecule has 0 aliphatic carbocycles. The Hall–Kier alpha value is -0.730. The molecule has 0 spiro atoms. The number of benzene rings is 1. The molecular formula is C17H22S2. The number of hydrogen-bond acceptors (Lipinski definition) is 2. The minimum absolute atomic E-state index is 0.649. The van der Waals surface area contributed by atoms with E-state index in [-0.39, 0.29) is 0 Å². The Morgan fingerprint density at radius 1 is 1.26 bits per heavy atom. The van der Waals surface area contributed by atoms with Crippen molar-refractivity contribution >= 4 is 23.1 Å². The van der Waals surface area contributed by atoms with Gasteiger partial charge in [0.15, 0.2) is 0 Å². The number of thioether (sulfide) groups is 1. The molecule has 1 unspecified atom stereocenters. The van der Waals surface area contributed by atoms with Gasteiger partial charge in [0.25, 0.3) is 0 Å². The first-order valence-corrected chi connectivity index (χ1v) is 9.08. The maximum absolute atomic E-state index is 2.36. The highest BCUT2D eigenvalue weighted by atomic mass is 32.2. The second-order valence-corrected chi connectivity index (χ2v) is 6.77. The van der Waals surface area contributed by atoms with Gasteiger partial charge < -0.3 is 0 Å². The van der Waals surface area contributed by atoms with Crippen LogP contribution in [0.2, 0.25) is 0 Å². The average Bonchev–Trinajstić information content (AvgIpc) is 2.93. The summed E-state index contributed by atoms with van der Waals surface area (Å²) in [5.41, 5.74) is 2.93. The van der Waals surface area contributed by atoms with Gasteiger partial charge in [-0.1, -0.05) is 51.0 Å². The van der Waals surface area contributed by atoms with Crippen LogP contribution in [-0.4, -0.2) is 6.26 Å². The van der Waals surface area contributed by atoms with Crippen molar-refractivity contribution in [1.29, 1.82) is 0 Å². The van der Waals surface area contributed by atoms with Gasteiger partial charge >= 0.3 is 0 Å². The largest absolute Gasteiger partial charge is 0.143 e. The minimum Gasteiger partial charge on any atom is -0.143 e. The van der Waals surface area contributed by atoms with Crippen LogP contribution in [0.4, 0.5) is 0 Å². The Kier molecular flexibility index (Phi) is 5.53. The molecule has 0 saturated carbocycles. The van der Waals surface area contributed by atoms with E-state index < -0.39 is 0 Å². The molecular weight excluding hydrogens is 268 g/mol. The molecule has 1 aromatic heterocycles. The summed E-state index contributed by atoms with van der Waals surface area (Å²) in [6.07, 6.45) is 6.02. The molecule has 0 saturated heterocycles. The van der Waals surface area contributed by atoms with Crippen molar-refractivity contribution in [2.45, 2.75) is 43.9 Å². The first-order chi connectivity index (χ1) is 9.26. The van der Waals surface area contributed by atoms with E-state index in [0.29, 0.717) is 5.92 Å². The standard InChI is InChI=1S/C17H22S2/c1-4-5-8-13(2)15-9-6-7-10-16(15)17-11-14(18-3)12-19-17/h6-7,9-13H,4-5,8H2,1-3H3. The SMILES string of the molecule is CCCCC(C)c1ccccc1-c1cc(SC)cs1. The van der Waals surface area contributed by atoms with Crippen molar-refractivity contribution in [3.63, 3.8) is 0 Å². The Morgan fingerprint density at radius 3 is 2.74 bits per heavy atom. The smallest absolute Gasteiger partial charge is 0.0357 e. The van der Waals surface area contributed by atoms with Crippen molar-refractivity contribution in [3.8, 4) is 10.4 Å². The van der Waals surface area contributed by atoms with E-state index in [1.165, 1.54) is 40.2 Å².